The third-order valence-corrected chi connectivity index (χ3v) is 8.94. The van der Waals surface area contributed by atoms with Gasteiger partial charge < -0.3 is 24.8 Å². The Hall–Kier alpha value is -2.96. The van der Waals surface area contributed by atoms with Crippen LogP contribution in [0.3, 0.4) is 0 Å². The third kappa shape index (κ3) is 9.77. The molecule has 0 saturated heterocycles. The molecular weight excluding hydrogens is 655 g/mol. The summed E-state index contributed by atoms with van der Waals surface area (Å²) in [5.74, 6) is 0. The maximum atomic E-state index is 3.82. The summed E-state index contributed by atoms with van der Waals surface area (Å²) in [4.78, 5) is 0. The van der Waals surface area contributed by atoms with Crippen LogP contribution in [0.25, 0.3) is 23.3 Å². The van der Waals surface area contributed by atoms with Crippen LogP contribution in [0.1, 0.15) is 70.8 Å². The van der Waals surface area contributed by atoms with Gasteiger partial charge in [-0.25, -0.2) is 6.07 Å². The van der Waals surface area contributed by atoms with Gasteiger partial charge in [0.25, 0.3) is 0 Å². The van der Waals surface area contributed by atoms with Crippen molar-refractivity contribution in [1.82, 2.24) is 0 Å². The molecule has 0 nitrogen and oxygen atoms in total. The molecule has 0 aliphatic heterocycles. The van der Waals surface area contributed by atoms with Crippen molar-refractivity contribution in [2.24, 2.45) is 0 Å². The molecule has 44 heavy (non-hydrogen) atoms. The zero-order valence-electron chi connectivity index (χ0n) is 26.3. The fraction of sp³-hybridized carbons (Fsp3) is 0.171. The van der Waals surface area contributed by atoms with E-state index < -0.39 is 0 Å². The Bertz CT molecular complexity index is 1560. The van der Waals surface area contributed by atoms with Gasteiger partial charge in [0.1, 0.15) is 0 Å². The zero-order chi connectivity index (χ0) is 30.3. The van der Waals surface area contributed by atoms with Crippen LogP contribution in [0.5, 0.6) is 0 Å². The maximum Gasteiger partial charge on any atom is -1.00 e. The number of benzene rings is 4. The summed E-state index contributed by atoms with van der Waals surface area (Å²) in [7, 11) is 0. The molecule has 5 aromatic rings. The summed E-state index contributed by atoms with van der Waals surface area (Å²) in [6.45, 7) is 18.6. The van der Waals surface area contributed by atoms with Gasteiger partial charge in [-0.1, -0.05) is 68.2 Å². The van der Waals surface area contributed by atoms with E-state index in [9.17, 15) is 0 Å². The second-order valence-electron chi connectivity index (χ2n) is 11.9. The van der Waals surface area contributed by atoms with Crippen molar-refractivity contribution in [3.8, 4) is 11.1 Å². The summed E-state index contributed by atoms with van der Waals surface area (Å²) in [5.41, 5.74) is 14.6. The first-order valence-corrected chi connectivity index (χ1v) is 15.7. The predicted octanol–water partition coefficient (Wildman–Crippen LogP) is 4.47. The second-order valence-corrected chi connectivity index (χ2v) is 13.1. The Morgan fingerprint density at radius 1 is 0.773 bits per heavy atom. The molecule has 0 aromatic heterocycles. The van der Waals surface area contributed by atoms with Gasteiger partial charge >= 0.3 is 112 Å². The van der Waals surface area contributed by atoms with Crippen molar-refractivity contribution < 1.29 is 49.0 Å². The number of aryl methyl sites for hydroxylation is 2. The van der Waals surface area contributed by atoms with Crippen LogP contribution in [-0.2, 0) is 36.1 Å². The molecule has 0 spiro atoms. The zero-order valence-corrected chi connectivity index (χ0v) is 30.3. The van der Waals surface area contributed by atoms with Crippen molar-refractivity contribution in [2.75, 3.05) is 0 Å². The minimum Gasteiger partial charge on any atom is -1.00 e. The van der Waals surface area contributed by atoms with E-state index in [0.29, 0.717) is 5.41 Å². The largest absolute Gasteiger partial charge is 1.00 e. The van der Waals surface area contributed by atoms with E-state index in [-0.39, 0.29) is 24.8 Å². The fourth-order valence-electron chi connectivity index (χ4n) is 4.85. The van der Waals surface area contributed by atoms with Gasteiger partial charge in [0, 0.05) is 0 Å². The smallest absolute Gasteiger partial charge is 1.00 e. The standard InChI is InChI=1S/C17H13.C15H14.C9H13.2ClH.Zr/c1-3-12-5-7-14-11-15-8-6-13(4-2)10-17(15)16(14)9-12;1-12-3-7-14(8-4-12)11-15-9-5-13(2)6-10-15;1-9(2,3)8-6-4-5-7-8;;;/h3-7,9-10H,1-2,11H2;3-10H,1-2H3;4-7H,1-3H3;2*1H;/q-1;;-1;;;+2/p-2. The second kappa shape index (κ2) is 16.9. The van der Waals surface area contributed by atoms with Crippen LogP contribution < -0.4 is 24.8 Å². The summed E-state index contributed by atoms with van der Waals surface area (Å²) < 4.78 is 1.42. The monoisotopic (exact) mass is 692 g/mol. The van der Waals surface area contributed by atoms with Gasteiger partial charge in [-0.05, 0) is 12.0 Å². The Morgan fingerprint density at radius 2 is 1.32 bits per heavy atom. The molecule has 224 valence electrons. The summed E-state index contributed by atoms with van der Waals surface area (Å²) in [5, 5.41) is 0. The van der Waals surface area contributed by atoms with E-state index in [1.807, 2.05) is 18.2 Å². The summed E-state index contributed by atoms with van der Waals surface area (Å²) in [6, 6.07) is 40.1. The average molecular weight is 695 g/mol. The summed E-state index contributed by atoms with van der Waals surface area (Å²) in [6.07, 6.45) is 4.74. The van der Waals surface area contributed by atoms with Crippen molar-refractivity contribution in [1.29, 1.82) is 0 Å². The number of hydrogen-bond donors (Lipinski definition) is 0. The molecule has 5 aromatic carbocycles. The molecule has 0 saturated carbocycles. The minimum atomic E-state index is 0. The molecule has 0 amide bonds. The molecule has 0 N–H and O–H groups in total. The van der Waals surface area contributed by atoms with E-state index >= 15 is 0 Å². The van der Waals surface area contributed by atoms with E-state index in [1.54, 1.807) is 0 Å². The molecule has 1 aliphatic carbocycles. The Morgan fingerprint density at radius 3 is 1.77 bits per heavy atom. The van der Waals surface area contributed by atoms with Crippen LogP contribution in [0.4, 0.5) is 0 Å². The average Bonchev–Trinajstić information content (AvgIpc) is 3.67. The van der Waals surface area contributed by atoms with Crippen molar-refractivity contribution in [3.63, 3.8) is 0 Å². The van der Waals surface area contributed by atoms with Crippen LogP contribution in [0.15, 0.2) is 116 Å². The van der Waals surface area contributed by atoms with Crippen molar-refractivity contribution >= 4 is 15.4 Å². The first-order chi connectivity index (χ1) is 20.1. The minimum absolute atomic E-state index is 0. The van der Waals surface area contributed by atoms with Gasteiger partial charge in [0.05, 0.1) is 0 Å². The quantitative estimate of drug-likeness (QED) is 0.239. The van der Waals surface area contributed by atoms with Gasteiger partial charge in [0.15, 0.2) is 0 Å². The topological polar surface area (TPSA) is 0 Å². The fourth-order valence-corrected chi connectivity index (χ4v) is 5.66. The molecule has 0 bridgehead atoms. The normalized spacial score (nSPS) is 10.7. The molecule has 0 heterocycles. The number of fused-ring (bicyclic) bond motifs is 3. The Labute approximate surface area is 292 Å². The van der Waals surface area contributed by atoms with Crippen LogP contribution >= 0.6 is 0 Å². The van der Waals surface area contributed by atoms with Crippen molar-refractivity contribution in [3.05, 3.63) is 172 Å². The Balaban J connectivity index is 0.000000235. The molecule has 3 heteroatoms. The third-order valence-electron chi connectivity index (χ3n) is 7.52. The molecule has 0 radical (unpaired) electrons. The van der Waals surface area contributed by atoms with Crippen LogP contribution in [0.2, 0.25) is 0 Å². The van der Waals surface area contributed by atoms with Gasteiger partial charge in [0.2, 0.25) is 0 Å². The predicted molar refractivity (Wildman–Crippen MR) is 180 cm³/mol. The molecule has 0 fully saturated rings. The number of halogens is 2. The summed E-state index contributed by atoms with van der Waals surface area (Å²) >= 11 is 1.46. The van der Waals surface area contributed by atoms with E-state index in [2.05, 4.69) is 151 Å². The first kappa shape index (κ1) is 37.2. The molecule has 0 atom stereocenters. The Kier molecular flexibility index (Phi) is 14.3. The maximum absolute atomic E-state index is 3.82. The first-order valence-electron chi connectivity index (χ1n) is 14.5. The van der Waals surface area contributed by atoms with Crippen LogP contribution in [-0.4, -0.2) is 3.21 Å². The number of rotatable bonds is 4. The van der Waals surface area contributed by atoms with Crippen LogP contribution in [0, 0.1) is 19.9 Å². The SMILES string of the molecule is C=Cc1c[c-]c2c(c1)-c1cc(C=C)ccc1C2.CC(C)(C)c1cc[cH-]c1.Cc1ccc([C](=[Zr+2])c2ccc(C)cc2)cc1.[Cl-].[Cl-]. The van der Waals surface area contributed by atoms with E-state index in [1.165, 1.54) is 83.1 Å². The molecule has 6 rings (SSSR count). The van der Waals surface area contributed by atoms with Crippen molar-refractivity contribution in [2.45, 2.75) is 46.5 Å². The number of hydrogen-bond acceptors (Lipinski definition) is 0. The van der Waals surface area contributed by atoms with E-state index in [4.69, 9.17) is 0 Å². The molecule has 1 aliphatic rings. The van der Waals surface area contributed by atoms with Gasteiger partial charge in [-0.3, -0.25) is 0 Å². The molecule has 0 unspecified atom stereocenters. The van der Waals surface area contributed by atoms with Gasteiger partial charge in [-0.15, -0.1) is 23.8 Å². The molecular formula is C41H40Cl2Zr-2. The van der Waals surface area contributed by atoms with Gasteiger partial charge in [-0.2, -0.15) is 47.5 Å². The van der Waals surface area contributed by atoms with E-state index in [0.717, 1.165) is 12.0 Å².